The fourth-order valence-electron chi connectivity index (χ4n) is 10.3. The maximum atomic E-state index is 14.4. The fourth-order valence-corrected chi connectivity index (χ4v) is 13.7. The van der Waals surface area contributed by atoms with E-state index in [-0.39, 0.29) is 114 Å². The van der Waals surface area contributed by atoms with Crippen molar-refractivity contribution in [2.45, 2.75) is 120 Å². The number of anilines is 1. The SMILES string of the molecule is COc1cc2cc(c1Cl)N(C)C(=O)C[C@H](OC(=O)[C@H](C)N(C)C(=O)CCSC1CC(=O)N(CCNC(=O)COCCOCCCC(=O)COCCOCCNC(=O)CON=C3CSCSC3)C1=O)[C@]1(C)O[C@H]1C(C)[C@@H]1C[C@@](O)(NC(=O)O1)[C@H](OC)/C=C/C=C(\C)C2. The highest BCUT2D eigenvalue weighted by atomic mass is 35.5. The Bertz CT molecular complexity index is 2810. The van der Waals surface area contributed by atoms with Crippen molar-refractivity contribution in [3.05, 3.63) is 46.5 Å². The zero-order chi connectivity index (χ0) is 66.3. The Balaban J connectivity index is 0.875. The first-order valence-electron chi connectivity index (χ1n) is 30.0. The van der Waals surface area contributed by atoms with Gasteiger partial charge in [-0.05, 0) is 51.3 Å². The van der Waals surface area contributed by atoms with Crippen molar-refractivity contribution >= 4 is 112 Å². The molecule has 0 aromatic heterocycles. The number of likely N-dealkylation sites (tertiary alicyclic amines) is 1. The third kappa shape index (κ3) is 22.6. The van der Waals surface area contributed by atoms with E-state index in [4.69, 9.17) is 59.1 Å². The summed E-state index contributed by atoms with van der Waals surface area (Å²) < 4.78 is 51.1. The van der Waals surface area contributed by atoms with Gasteiger partial charge in [-0.1, -0.05) is 47.5 Å². The Kier molecular flexibility index (Phi) is 30.1. The van der Waals surface area contributed by atoms with Crippen molar-refractivity contribution in [2.24, 2.45) is 11.1 Å². The summed E-state index contributed by atoms with van der Waals surface area (Å²) in [6.45, 7) is 7.83. The van der Waals surface area contributed by atoms with Crippen molar-refractivity contribution in [1.29, 1.82) is 0 Å². The first-order valence-corrected chi connectivity index (χ1v) is 33.7. The number of nitrogens with one attached hydrogen (secondary N) is 3. The molecule has 6 rings (SSSR count). The summed E-state index contributed by atoms with van der Waals surface area (Å²) in [7, 11) is 5.82. The molecule has 506 valence electrons. The largest absolute Gasteiger partial charge is 0.495 e. The van der Waals surface area contributed by atoms with E-state index in [1.807, 2.05) is 13.0 Å². The fraction of sp³-hybridized carbons (Fsp3) is 0.667. The van der Waals surface area contributed by atoms with Gasteiger partial charge in [0.2, 0.25) is 29.5 Å². The number of benzene rings is 1. The van der Waals surface area contributed by atoms with Gasteiger partial charge in [0.1, 0.15) is 53.9 Å². The van der Waals surface area contributed by atoms with Crippen molar-refractivity contribution < 1.29 is 95.7 Å². The molecule has 7 amide bonds. The average molecular weight is 1360 g/mol. The summed E-state index contributed by atoms with van der Waals surface area (Å²) in [4.78, 5) is 127. The number of alkyl carbamates (subject to hydrolysis) is 1. The number of esters is 1. The molecule has 4 fully saturated rings. The highest BCUT2D eigenvalue weighted by Gasteiger charge is 2.64. The molecule has 5 aliphatic heterocycles. The summed E-state index contributed by atoms with van der Waals surface area (Å²) in [5.41, 5.74) is -0.345. The predicted octanol–water partition coefficient (Wildman–Crippen LogP) is 3.22. The molecule has 5 heterocycles. The Morgan fingerprint density at radius 1 is 0.934 bits per heavy atom. The highest BCUT2D eigenvalue weighted by molar-refractivity contribution is 8.17. The van der Waals surface area contributed by atoms with Gasteiger partial charge in [-0.15, -0.1) is 35.3 Å². The minimum atomic E-state index is -1.90. The van der Waals surface area contributed by atoms with Crippen LogP contribution in [-0.2, 0) is 87.5 Å². The summed E-state index contributed by atoms with van der Waals surface area (Å²) in [6, 6.07) is 2.34. The van der Waals surface area contributed by atoms with Crippen LogP contribution in [0.15, 0.2) is 41.1 Å². The van der Waals surface area contributed by atoms with Gasteiger partial charge in [0.25, 0.3) is 5.91 Å². The number of thioether (sulfide) groups is 3. The van der Waals surface area contributed by atoms with Crippen LogP contribution in [0.1, 0.15) is 71.8 Å². The molecule has 2 unspecified atom stereocenters. The second kappa shape index (κ2) is 36.8. The van der Waals surface area contributed by atoms with Gasteiger partial charge >= 0.3 is 12.1 Å². The number of ether oxygens (including phenoxy) is 9. The van der Waals surface area contributed by atoms with Gasteiger partial charge in [0, 0.05) is 101 Å². The molecule has 1 aromatic carbocycles. The normalized spacial score (nSPS) is 25.6. The lowest BCUT2D eigenvalue weighted by Crippen LogP contribution is -2.63. The van der Waals surface area contributed by atoms with Gasteiger partial charge in [0.15, 0.2) is 18.1 Å². The lowest BCUT2D eigenvalue weighted by atomic mass is 9.83. The van der Waals surface area contributed by atoms with Crippen molar-refractivity contribution in [1.82, 2.24) is 25.8 Å². The Morgan fingerprint density at radius 2 is 1.63 bits per heavy atom. The summed E-state index contributed by atoms with van der Waals surface area (Å²) >= 11 is 11.5. The lowest BCUT2D eigenvalue weighted by Gasteiger charge is -2.42. The molecule has 4 saturated heterocycles. The minimum Gasteiger partial charge on any atom is -0.495 e. The van der Waals surface area contributed by atoms with Crippen LogP contribution in [0, 0.1) is 5.92 Å². The molecule has 31 heteroatoms. The molecular weight excluding hydrogens is 1270 g/mol. The van der Waals surface area contributed by atoms with Gasteiger partial charge in [-0.3, -0.25) is 43.8 Å². The maximum absolute atomic E-state index is 14.4. The van der Waals surface area contributed by atoms with Crippen LogP contribution in [0.5, 0.6) is 5.75 Å². The number of imide groups is 1. The van der Waals surface area contributed by atoms with Crippen LogP contribution >= 0.6 is 46.9 Å². The number of oxime groups is 1. The molecule has 1 aromatic rings. The number of carbonyl (C=O) groups excluding carboxylic acids is 9. The van der Waals surface area contributed by atoms with Crippen molar-refractivity contribution in [3.63, 3.8) is 0 Å². The molecule has 4 bridgehead atoms. The van der Waals surface area contributed by atoms with Gasteiger partial charge in [0.05, 0.1) is 69.3 Å². The zero-order valence-electron chi connectivity index (χ0n) is 52.8. The van der Waals surface area contributed by atoms with Crippen LogP contribution in [0.2, 0.25) is 5.02 Å². The van der Waals surface area contributed by atoms with Crippen molar-refractivity contribution in [3.8, 4) is 5.75 Å². The number of hydrogen-bond acceptors (Lipinski definition) is 24. The van der Waals surface area contributed by atoms with Crippen molar-refractivity contribution in [2.75, 3.05) is 135 Å². The van der Waals surface area contributed by atoms with Crippen LogP contribution in [-0.4, -0.2) is 251 Å². The van der Waals surface area contributed by atoms with Gasteiger partial charge < -0.3 is 73.0 Å². The molecule has 91 heavy (non-hydrogen) atoms. The number of carbonyl (C=O) groups is 9. The zero-order valence-corrected chi connectivity index (χ0v) is 56.0. The van der Waals surface area contributed by atoms with E-state index < -0.39 is 101 Å². The molecule has 0 radical (unpaired) electrons. The molecule has 0 spiro atoms. The Labute approximate surface area is 548 Å². The van der Waals surface area contributed by atoms with E-state index in [1.54, 1.807) is 61.7 Å². The molecule has 4 N–H and O–H groups in total. The standard InChI is InChI=1S/C60H86ClN7O20S3/c1-37-11-9-13-47(80-8)60(78)30-45(86-58(77)64-60)38(2)55-59(4,88-55)48(29-52(73)67(6)43-26-40(25-37)27-44(79-7)54(43)61)87-57(76)39(3)66(5)51(72)14-24-91-46-28-53(74)68(56(46)75)17-15-62-49(70)32-84-23-20-81-18-10-12-42(69)31-83-22-21-82-19-16-63-50(71)33-85-65-41-34-89-36-90-35-41/h9,11,13,26-27,38-39,45-48,55,78H,10,12,14-25,28-36H2,1-8H3,(H,62,70)(H,63,71)(H,64,77)/b13-9+,37-11+/t38?,39-,45-,46?,47+,48-,55-,59-,60-/m0/s1. The van der Waals surface area contributed by atoms with E-state index >= 15 is 0 Å². The third-order valence-corrected chi connectivity index (χ3v) is 19.7. The number of fused-ring (bicyclic) bond motifs is 5. The minimum absolute atomic E-state index is 0.0151. The number of ketones is 1. The number of halogens is 1. The number of amides is 7. The number of hydrogen-bond donors (Lipinski definition) is 4. The van der Waals surface area contributed by atoms with E-state index in [9.17, 15) is 48.3 Å². The summed E-state index contributed by atoms with van der Waals surface area (Å²) in [5, 5.41) is 24.1. The maximum Gasteiger partial charge on any atom is 0.409 e. The van der Waals surface area contributed by atoms with E-state index in [2.05, 4.69) is 21.1 Å². The van der Waals surface area contributed by atoms with E-state index in [0.717, 1.165) is 50.1 Å². The molecule has 0 saturated carbocycles. The second-order valence-corrected chi connectivity index (χ2v) is 26.5. The predicted molar refractivity (Wildman–Crippen MR) is 340 cm³/mol. The lowest BCUT2D eigenvalue weighted by molar-refractivity contribution is -0.162. The highest BCUT2D eigenvalue weighted by Crippen LogP contribution is 2.49. The summed E-state index contributed by atoms with van der Waals surface area (Å²) in [6.07, 6.45) is 0.702. The van der Waals surface area contributed by atoms with Crippen LogP contribution in [0.4, 0.5) is 10.5 Å². The number of allylic oxidation sites excluding steroid dienone is 3. The van der Waals surface area contributed by atoms with E-state index in [0.29, 0.717) is 37.4 Å². The molecule has 9 atom stereocenters. The number of epoxide rings is 1. The average Bonchev–Trinajstić information content (AvgIpc) is 1.58. The van der Waals surface area contributed by atoms with E-state index in [1.165, 1.54) is 45.0 Å². The monoisotopic (exact) mass is 1360 g/mol. The molecule has 27 nitrogen and oxygen atoms in total. The molecule has 0 aliphatic carbocycles. The quantitative estimate of drug-likeness (QED) is 0.0264. The number of aliphatic hydroxyl groups is 1. The first-order chi connectivity index (χ1) is 43.5. The number of nitrogens with zero attached hydrogens (tertiary/aromatic N) is 4. The second-order valence-electron chi connectivity index (χ2n) is 22.5. The van der Waals surface area contributed by atoms with Gasteiger partial charge in [-0.2, -0.15) is 0 Å². The Hall–Kier alpha value is -5.54. The number of rotatable bonds is 32. The summed E-state index contributed by atoms with van der Waals surface area (Å²) in [5.74, 6) is -2.13. The van der Waals surface area contributed by atoms with Crippen LogP contribution < -0.4 is 25.6 Å². The first kappa shape index (κ1) is 74.5. The topological polar surface area (TPSA) is 328 Å². The molecular formula is C60H86ClN7O20S3. The third-order valence-electron chi connectivity index (χ3n) is 15.7. The number of likely N-dealkylation sites (N-methyl/N-ethyl adjacent to an activating group) is 1. The number of methoxy groups -OCH3 is 2. The number of Topliss-reactive ketones (excluding diaryl/α,β-unsaturated/α-hetero) is 1. The van der Waals surface area contributed by atoms with Gasteiger partial charge in [-0.25, -0.2) is 9.59 Å². The van der Waals surface area contributed by atoms with Crippen LogP contribution in [0.3, 0.4) is 0 Å². The van der Waals surface area contributed by atoms with Crippen LogP contribution in [0.25, 0.3) is 0 Å². The molecule has 5 aliphatic rings. The smallest absolute Gasteiger partial charge is 0.409 e. The Morgan fingerprint density at radius 3 is 2.35 bits per heavy atom.